The molecule has 1 amide bonds. The molecule has 94 valence electrons. The zero-order valence-electron chi connectivity index (χ0n) is 9.70. The van der Waals surface area contributed by atoms with Crippen molar-refractivity contribution in [3.05, 3.63) is 34.6 Å². The molecule has 0 radical (unpaired) electrons. The Morgan fingerprint density at radius 2 is 2.33 bits per heavy atom. The van der Waals surface area contributed by atoms with E-state index in [1.165, 1.54) is 12.1 Å². The summed E-state index contributed by atoms with van der Waals surface area (Å²) in [6, 6.07) is 6.56. The Kier molecular flexibility index (Phi) is 3.83. The highest BCUT2D eigenvalue weighted by Crippen LogP contribution is 2.21. The van der Waals surface area contributed by atoms with E-state index in [1.54, 1.807) is 11.0 Å². The lowest BCUT2D eigenvalue weighted by Crippen LogP contribution is -2.37. The predicted molar refractivity (Wildman–Crippen MR) is 65.2 cm³/mol. The van der Waals surface area contributed by atoms with Crippen LogP contribution in [0.15, 0.2) is 18.2 Å². The Labute approximate surface area is 110 Å². The van der Waals surface area contributed by atoms with Crippen LogP contribution in [0.25, 0.3) is 0 Å². The molecule has 5 heteroatoms. The number of nitrogens with zero attached hydrogens (tertiary/aromatic N) is 2. The van der Waals surface area contributed by atoms with Crippen molar-refractivity contribution in [1.82, 2.24) is 4.90 Å². The quantitative estimate of drug-likeness (QED) is 0.826. The normalized spacial score (nSPS) is 19.7. The zero-order chi connectivity index (χ0) is 13.1. The fourth-order valence-corrected chi connectivity index (χ4v) is 2.22. The molecule has 1 atom stereocenters. The van der Waals surface area contributed by atoms with Gasteiger partial charge < -0.3 is 4.90 Å². The predicted octanol–water partition coefficient (Wildman–Crippen LogP) is 2.74. The summed E-state index contributed by atoms with van der Waals surface area (Å²) in [6.07, 6.45) is 0.961. The van der Waals surface area contributed by atoms with Gasteiger partial charge in [-0.15, -0.1) is 0 Å². The average Bonchev–Trinajstić information content (AvgIpc) is 2.36. The van der Waals surface area contributed by atoms with E-state index in [-0.39, 0.29) is 23.3 Å². The summed E-state index contributed by atoms with van der Waals surface area (Å²) >= 11 is 5.69. The number of carbonyl (C=O) groups is 1. The molecule has 1 fully saturated rings. The van der Waals surface area contributed by atoms with E-state index in [4.69, 9.17) is 16.9 Å². The third-order valence-electron chi connectivity index (χ3n) is 3.06. The lowest BCUT2D eigenvalue weighted by molar-refractivity contribution is -0.134. The smallest absolute Gasteiger partial charge is 0.224 e. The molecule has 0 aliphatic carbocycles. The first-order valence-electron chi connectivity index (χ1n) is 5.71. The molecule has 0 saturated carbocycles. The van der Waals surface area contributed by atoms with E-state index in [9.17, 15) is 9.18 Å². The molecule has 1 aliphatic heterocycles. The van der Waals surface area contributed by atoms with Crippen molar-refractivity contribution in [2.75, 3.05) is 6.54 Å². The largest absolute Gasteiger partial charge is 0.338 e. The second-order valence-corrected chi connectivity index (χ2v) is 4.79. The minimum Gasteiger partial charge on any atom is -0.338 e. The van der Waals surface area contributed by atoms with Gasteiger partial charge in [-0.1, -0.05) is 17.7 Å². The second-order valence-electron chi connectivity index (χ2n) is 4.38. The van der Waals surface area contributed by atoms with Gasteiger partial charge in [0.15, 0.2) is 0 Å². The Bertz CT molecular complexity index is 512. The molecule has 1 aromatic rings. The number of rotatable bonds is 2. The Morgan fingerprint density at radius 1 is 1.56 bits per heavy atom. The van der Waals surface area contributed by atoms with Gasteiger partial charge in [0, 0.05) is 19.5 Å². The summed E-state index contributed by atoms with van der Waals surface area (Å²) in [5.41, 5.74) is 0.796. The standard InChI is InChI=1S/C13H12ClFN2O/c14-11-5-10(1-2-12(11)15)8-17-4-3-9(7-16)6-13(17)18/h1-2,5,9H,3-4,6,8H2. The minimum absolute atomic E-state index is 0.0340. The molecule has 18 heavy (non-hydrogen) atoms. The van der Waals surface area contributed by atoms with E-state index in [0.717, 1.165) is 5.56 Å². The summed E-state index contributed by atoms with van der Waals surface area (Å²) in [6.45, 7) is 0.975. The van der Waals surface area contributed by atoms with E-state index in [2.05, 4.69) is 6.07 Å². The maximum Gasteiger partial charge on any atom is 0.224 e. The zero-order valence-corrected chi connectivity index (χ0v) is 10.5. The number of hydrogen-bond donors (Lipinski definition) is 0. The topological polar surface area (TPSA) is 44.1 Å². The Hall–Kier alpha value is -1.60. The van der Waals surface area contributed by atoms with Crippen molar-refractivity contribution in [3.8, 4) is 6.07 Å². The van der Waals surface area contributed by atoms with Gasteiger partial charge in [-0.25, -0.2) is 4.39 Å². The molecule has 0 aromatic heterocycles. The Morgan fingerprint density at radius 3 is 2.94 bits per heavy atom. The first-order chi connectivity index (χ1) is 8.60. The molecule has 0 bridgehead atoms. The van der Waals surface area contributed by atoms with Crippen molar-refractivity contribution in [1.29, 1.82) is 5.26 Å². The lowest BCUT2D eigenvalue weighted by Gasteiger charge is -2.29. The first kappa shape index (κ1) is 12.8. The van der Waals surface area contributed by atoms with Crippen LogP contribution in [0.5, 0.6) is 0 Å². The van der Waals surface area contributed by atoms with Crippen LogP contribution in [0.4, 0.5) is 4.39 Å². The summed E-state index contributed by atoms with van der Waals surface area (Å²) in [5, 5.41) is 8.83. The first-order valence-corrected chi connectivity index (χ1v) is 6.09. The van der Waals surface area contributed by atoms with Crippen molar-refractivity contribution in [2.45, 2.75) is 19.4 Å². The number of benzene rings is 1. The van der Waals surface area contributed by atoms with Gasteiger partial charge in [-0.05, 0) is 24.1 Å². The van der Waals surface area contributed by atoms with Gasteiger partial charge in [-0.3, -0.25) is 4.79 Å². The maximum atomic E-state index is 13.0. The number of halogens is 2. The van der Waals surface area contributed by atoms with Crippen LogP contribution in [-0.4, -0.2) is 17.4 Å². The number of carbonyl (C=O) groups excluding carboxylic acids is 1. The fourth-order valence-electron chi connectivity index (χ4n) is 2.01. The number of hydrogen-bond acceptors (Lipinski definition) is 2. The molecular formula is C13H12ClFN2O. The molecule has 1 aromatic carbocycles. The van der Waals surface area contributed by atoms with Crippen LogP contribution in [0.2, 0.25) is 5.02 Å². The minimum atomic E-state index is -0.463. The van der Waals surface area contributed by atoms with Gasteiger partial charge in [0.2, 0.25) is 5.91 Å². The molecule has 0 N–H and O–H groups in total. The van der Waals surface area contributed by atoms with Gasteiger partial charge >= 0.3 is 0 Å². The average molecular weight is 267 g/mol. The molecule has 1 saturated heterocycles. The van der Waals surface area contributed by atoms with Gasteiger partial charge in [-0.2, -0.15) is 5.26 Å². The number of amides is 1. The molecule has 2 rings (SSSR count). The third kappa shape index (κ3) is 2.80. The van der Waals surface area contributed by atoms with E-state index < -0.39 is 5.82 Å². The van der Waals surface area contributed by atoms with Gasteiger partial charge in [0.05, 0.1) is 17.0 Å². The highest BCUT2D eigenvalue weighted by molar-refractivity contribution is 6.30. The van der Waals surface area contributed by atoms with Gasteiger partial charge in [0.25, 0.3) is 0 Å². The number of nitriles is 1. The van der Waals surface area contributed by atoms with E-state index in [0.29, 0.717) is 19.5 Å². The fraction of sp³-hybridized carbons (Fsp3) is 0.385. The van der Waals surface area contributed by atoms with Crippen molar-refractivity contribution in [3.63, 3.8) is 0 Å². The summed E-state index contributed by atoms with van der Waals surface area (Å²) in [7, 11) is 0. The molecule has 1 aliphatic rings. The lowest BCUT2D eigenvalue weighted by atomic mass is 9.97. The molecule has 1 heterocycles. The van der Waals surface area contributed by atoms with Crippen molar-refractivity contribution < 1.29 is 9.18 Å². The van der Waals surface area contributed by atoms with E-state index >= 15 is 0 Å². The number of piperidine rings is 1. The van der Waals surface area contributed by atoms with Crippen LogP contribution in [-0.2, 0) is 11.3 Å². The van der Waals surface area contributed by atoms with Crippen LogP contribution in [0.1, 0.15) is 18.4 Å². The highest BCUT2D eigenvalue weighted by Gasteiger charge is 2.25. The summed E-state index contributed by atoms with van der Waals surface area (Å²) in [5.74, 6) is -0.672. The van der Waals surface area contributed by atoms with Gasteiger partial charge in [0.1, 0.15) is 5.82 Å². The maximum absolute atomic E-state index is 13.0. The number of likely N-dealkylation sites (tertiary alicyclic amines) is 1. The SMILES string of the molecule is N#CC1CCN(Cc2ccc(F)c(Cl)c2)C(=O)C1. The van der Waals surface area contributed by atoms with Crippen LogP contribution in [0, 0.1) is 23.1 Å². The molecular weight excluding hydrogens is 255 g/mol. The van der Waals surface area contributed by atoms with Crippen LogP contribution in [0.3, 0.4) is 0 Å². The summed E-state index contributed by atoms with van der Waals surface area (Å²) < 4.78 is 13.0. The molecule has 3 nitrogen and oxygen atoms in total. The molecule has 1 unspecified atom stereocenters. The monoisotopic (exact) mass is 266 g/mol. The molecule has 0 spiro atoms. The highest BCUT2D eigenvalue weighted by atomic mass is 35.5. The second kappa shape index (κ2) is 5.36. The van der Waals surface area contributed by atoms with Crippen molar-refractivity contribution >= 4 is 17.5 Å². The Balaban J connectivity index is 2.04. The van der Waals surface area contributed by atoms with E-state index in [1.807, 2.05) is 0 Å². The van der Waals surface area contributed by atoms with Crippen LogP contribution < -0.4 is 0 Å². The third-order valence-corrected chi connectivity index (χ3v) is 3.35. The van der Waals surface area contributed by atoms with Crippen LogP contribution >= 0.6 is 11.6 Å². The van der Waals surface area contributed by atoms with Crippen molar-refractivity contribution in [2.24, 2.45) is 5.92 Å². The summed E-state index contributed by atoms with van der Waals surface area (Å²) in [4.78, 5) is 13.5.